The molecule has 0 aliphatic carbocycles. The number of allylic oxidation sites excluding steroid dienone is 1. The molecule has 0 fully saturated rings. The first-order valence-electron chi connectivity index (χ1n) is 7.95. The Morgan fingerprint density at radius 1 is 1.04 bits per heavy atom. The number of aromatic nitrogens is 7. The Bertz CT molecular complexity index is 1090. The summed E-state index contributed by atoms with van der Waals surface area (Å²) >= 11 is 1.22. The van der Waals surface area contributed by atoms with Crippen molar-refractivity contribution in [2.75, 3.05) is 0 Å². The van der Waals surface area contributed by atoms with E-state index in [4.69, 9.17) is 0 Å². The van der Waals surface area contributed by atoms with E-state index < -0.39 is 12.2 Å². The maximum atomic E-state index is 13.0. The molecule has 10 heteroatoms. The monoisotopic (exact) mass is 385 g/mol. The summed E-state index contributed by atoms with van der Waals surface area (Å²) in [5.41, 5.74) is 1.17. The molecule has 4 rings (SSSR count). The summed E-state index contributed by atoms with van der Waals surface area (Å²) in [6, 6.07) is 12.9. The van der Waals surface area contributed by atoms with Crippen LogP contribution in [0.25, 0.3) is 17.0 Å². The molecule has 136 valence electrons. The van der Waals surface area contributed by atoms with Crippen molar-refractivity contribution in [3.05, 3.63) is 60.9 Å². The van der Waals surface area contributed by atoms with Crippen molar-refractivity contribution in [3.8, 4) is 11.4 Å². The van der Waals surface area contributed by atoms with E-state index in [1.807, 2.05) is 34.9 Å². The lowest BCUT2D eigenvalue weighted by Crippen LogP contribution is -2.02. The lowest BCUT2D eigenvalue weighted by atomic mass is 10.2. The zero-order chi connectivity index (χ0) is 18.8. The quantitative estimate of drug-likeness (QED) is 0.472. The number of hydrogen-bond acceptors (Lipinski definition) is 6. The molecule has 0 atom stereocenters. The van der Waals surface area contributed by atoms with Crippen LogP contribution < -0.4 is 0 Å². The van der Waals surface area contributed by atoms with Gasteiger partial charge in [-0.1, -0.05) is 36.4 Å². The summed E-state index contributed by atoms with van der Waals surface area (Å²) in [4.78, 5) is 0. The van der Waals surface area contributed by atoms with E-state index in [0.29, 0.717) is 22.6 Å². The second-order valence-corrected chi connectivity index (χ2v) is 6.46. The van der Waals surface area contributed by atoms with Crippen LogP contribution in [-0.4, -0.2) is 34.6 Å². The van der Waals surface area contributed by atoms with Gasteiger partial charge < -0.3 is 0 Å². The summed E-state index contributed by atoms with van der Waals surface area (Å²) in [7, 11) is 0. The van der Waals surface area contributed by atoms with Gasteiger partial charge in [0.25, 0.3) is 6.43 Å². The molecule has 7 nitrogen and oxygen atoms in total. The molecule has 3 aromatic heterocycles. The first-order valence-corrected chi connectivity index (χ1v) is 8.77. The molecule has 0 N–H and O–H groups in total. The summed E-state index contributed by atoms with van der Waals surface area (Å²) in [6.07, 6.45) is -1.02. The maximum absolute atomic E-state index is 13.0. The van der Waals surface area contributed by atoms with Gasteiger partial charge in [-0.15, -0.1) is 27.0 Å². The summed E-state index contributed by atoms with van der Waals surface area (Å²) in [5, 5.41) is 20.9. The highest BCUT2D eigenvalue weighted by molar-refractivity contribution is 7.99. The molecule has 0 bridgehead atoms. The topological polar surface area (TPSA) is 73.8 Å². The lowest BCUT2D eigenvalue weighted by molar-refractivity contribution is 0.137. The molecule has 0 saturated carbocycles. The van der Waals surface area contributed by atoms with Gasteiger partial charge in [0.1, 0.15) is 5.03 Å². The van der Waals surface area contributed by atoms with Crippen LogP contribution in [0.15, 0.2) is 65.3 Å². The van der Waals surface area contributed by atoms with Crippen LogP contribution in [0.3, 0.4) is 0 Å². The van der Waals surface area contributed by atoms with Crippen molar-refractivity contribution >= 4 is 17.4 Å². The Morgan fingerprint density at radius 3 is 2.59 bits per heavy atom. The predicted molar refractivity (Wildman–Crippen MR) is 95.5 cm³/mol. The molecule has 3 heterocycles. The van der Waals surface area contributed by atoms with Crippen LogP contribution in [0, 0.1) is 0 Å². The van der Waals surface area contributed by atoms with E-state index in [1.54, 1.807) is 18.2 Å². The van der Waals surface area contributed by atoms with Crippen LogP contribution in [-0.2, 0) is 6.54 Å². The standard InChI is InChI=1S/C17H13F2N7S/c1-2-10-25-15(11-6-4-3-5-7-11)21-23-17(25)27-13-9-8-12-20-22-16(14(18)19)26(12)24-13/h2-9,14H,1,10H2. The van der Waals surface area contributed by atoms with Crippen molar-refractivity contribution in [1.29, 1.82) is 0 Å². The molecular weight excluding hydrogens is 372 g/mol. The average molecular weight is 385 g/mol. The number of nitrogens with zero attached hydrogens (tertiary/aromatic N) is 7. The molecular formula is C17H13F2N7S. The highest BCUT2D eigenvalue weighted by Gasteiger charge is 2.19. The largest absolute Gasteiger partial charge is 0.299 e. The SMILES string of the molecule is C=CCn1c(Sc2ccc3nnc(C(F)F)n3n2)nnc1-c1ccccc1. The molecule has 4 aromatic rings. The number of halogens is 2. The first-order chi connectivity index (χ1) is 13.2. The fourth-order valence-electron chi connectivity index (χ4n) is 2.53. The smallest absolute Gasteiger partial charge is 0.298 e. The van der Waals surface area contributed by atoms with E-state index in [9.17, 15) is 8.78 Å². The number of fused-ring (bicyclic) bond motifs is 1. The van der Waals surface area contributed by atoms with Gasteiger partial charge in [0.2, 0.25) is 5.82 Å². The molecule has 0 amide bonds. The number of hydrogen-bond donors (Lipinski definition) is 0. The van der Waals surface area contributed by atoms with Crippen molar-refractivity contribution in [1.82, 2.24) is 34.6 Å². The van der Waals surface area contributed by atoms with Gasteiger partial charge in [-0.25, -0.2) is 8.78 Å². The molecule has 0 spiro atoms. The van der Waals surface area contributed by atoms with Crippen LogP contribution in [0.2, 0.25) is 0 Å². The van der Waals surface area contributed by atoms with Crippen LogP contribution >= 0.6 is 11.8 Å². The average Bonchev–Trinajstić information content (AvgIpc) is 3.27. The van der Waals surface area contributed by atoms with Gasteiger partial charge in [-0.2, -0.15) is 9.61 Å². The van der Waals surface area contributed by atoms with Crippen LogP contribution in [0.4, 0.5) is 8.78 Å². The Balaban J connectivity index is 1.72. The van der Waals surface area contributed by atoms with Gasteiger partial charge in [-0.3, -0.25) is 4.57 Å². The Labute approximate surface area is 156 Å². The Morgan fingerprint density at radius 2 is 1.85 bits per heavy atom. The minimum atomic E-state index is -2.76. The van der Waals surface area contributed by atoms with Crippen molar-refractivity contribution in [2.45, 2.75) is 23.2 Å². The van der Waals surface area contributed by atoms with Crippen molar-refractivity contribution in [3.63, 3.8) is 0 Å². The van der Waals surface area contributed by atoms with Gasteiger partial charge in [-0.05, 0) is 23.9 Å². The number of alkyl halides is 2. The molecule has 27 heavy (non-hydrogen) atoms. The molecule has 0 aliphatic rings. The van der Waals surface area contributed by atoms with Gasteiger partial charge in [0.05, 0.1) is 0 Å². The zero-order valence-corrected chi connectivity index (χ0v) is 14.7. The van der Waals surface area contributed by atoms with Crippen molar-refractivity contribution in [2.24, 2.45) is 0 Å². The van der Waals surface area contributed by atoms with Gasteiger partial charge >= 0.3 is 0 Å². The highest BCUT2D eigenvalue weighted by atomic mass is 32.2. The third-order valence-electron chi connectivity index (χ3n) is 3.71. The van der Waals surface area contributed by atoms with E-state index in [2.05, 4.69) is 32.1 Å². The van der Waals surface area contributed by atoms with E-state index in [1.165, 1.54) is 11.8 Å². The summed E-state index contributed by atoms with van der Waals surface area (Å²) in [5.74, 6) is 0.196. The molecule has 0 aliphatic heterocycles. The fourth-order valence-corrected chi connectivity index (χ4v) is 3.33. The maximum Gasteiger partial charge on any atom is 0.299 e. The minimum Gasteiger partial charge on any atom is -0.298 e. The zero-order valence-electron chi connectivity index (χ0n) is 13.9. The third kappa shape index (κ3) is 3.31. The van der Waals surface area contributed by atoms with Gasteiger partial charge in [0.15, 0.2) is 16.6 Å². The van der Waals surface area contributed by atoms with E-state index >= 15 is 0 Å². The van der Waals surface area contributed by atoms with Crippen LogP contribution in [0.5, 0.6) is 0 Å². The highest BCUT2D eigenvalue weighted by Crippen LogP contribution is 2.29. The number of rotatable bonds is 6. The minimum absolute atomic E-state index is 0.257. The second-order valence-electron chi connectivity index (χ2n) is 5.47. The second kappa shape index (κ2) is 7.23. The number of benzene rings is 1. The third-order valence-corrected chi connectivity index (χ3v) is 4.63. The predicted octanol–water partition coefficient (Wildman–Crippen LogP) is 3.66. The Hall–Kier alpha value is -3.14. The molecule has 1 aromatic carbocycles. The molecule has 0 saturated heterocycles. The molecule has 0 unspecified atom stereocenters. The lowest BCUT2D eigenvalue weighted by Gasteiger charge is -2.07. The van der Waals surface area contributed by atoms with Gasteiger partial charge in [0, 0.05) is 12.1 Å². The molecule has 0 radical (unpaired) electrons. The Kier molecular flexibility index (Phi) is 4.63. The van der Waals surface area contributed by atoms with Crippen LogP contribution in [0.1, 0.15) is 12.2 Å². The normalized spacial score (nSPS) is 11.4. The summed E-state index contributed by atoms with van der Waals surface area (Å²) in [6.45, 7) is 4.27. The van der Waals surface area contributed by atoms with Crippen molar-refractivity contribution < 1.29 is 8.78 Å². The fraction of sp³-hybridized carbons (Fsp3) is 0.118. The van der Waals surface area contributed by atoms with E-state index in [0.717, 1.165) is 10.1 Å². The summed E-state index contributed by atoms with van der Waals surface area (Å²) < 4.78 is 29.0. The first kappa shape index (κ1) is 17.3. The van der Waals surface area contributed by atoms with E-state index in [-0.39, 0.29) is 5.65 Å².